The van der Waals surface area contributed by atoms with E-state index in [0.29, 0.717) is 18.0 Å². The third-order valence-corrected chi connectivity index (χ3v) is 4.09. The van der Waals surface area contributed by atoms with Crippen molar-refractivity contribution in [1.29, 1.82) is 0 Å². The Labute approximate surface area is 132 Å². The van der Waals surface area contributed by atoms with E-state index in [-0.39, 0.29) is 5.60 Å². The first kappa shape index (κ1) is 18.4. The first-order valence-electron chi connectivity index (χ1n) is 8.53. The minimum absolute atomic E-state index is 0.0765. The lowest BCUT2D eigenvalue weighted by Crippen LogP contribution is -2.46. The largest absolute Gasteiger partial charge is 0.374 e. The predicted octanol–water partition coefficient (Wildman–Crippen LogP) is 4.86. The summed E-state index contributed by atoms with van der Waals surface area (Å²) in [7, 11) is 0. The fourth-order valence-electron chi connectivity index (χ4n) is 2.70. The lowest BCUT2D eigenvalue weighted by molar-refractivity contribution is -0.0212. The number of allylic oxidation sites excluding steroid dienone is 1. The van der Waals surface area contributed by atoms with Gasteiger partial charge in [0.2, 0.25) is 0 Å². The Morgan fingerprint density at radius 2 is 2.05 bits per heavy atom. The highest BCUT2D eigenvalue weighted by Gasteiger charge is 2.23. The summed E-state index contributed by atoms with van der Waals surface area (Å²) in [5.74, 6) is 0.559. The van der Waals surface area contributed by atoms with E-state index in [1.165, 1.54) is 25.7 Å². The van der Waals surface area contributed by atoms with E-state index in [2.05, 4.69) is 52.6 Å². The Bertz CT molecular complexity index is 338. The fraction of sp³-hybridized carbons (Fsp3) is 0.789. The molecule has 0 heterocycles. The number of hydrogen-bond acceptors (Lipinski definition) is 2. The summed E-state index contributed by atoms with van der Waals surface area (Å²) in [6.07, 6.45) is 10.6. The van der Waals surface area contributed by atoms with Gasteiger partial charge in [-0.25, -0.2) is 0 Å². The Morgan fingerprint density at radius 3 is 2.52 bits per heavy atom. The second kappa shape index (κ2) is 8.75. The topological polar surface area (TPSA) is 21.3 Å². The molecule has 2 heteroatoms. The van der Waals surface area contributed by atoms with Crippen LogP contribution in [-0.2, 0) is 4.74 Å². The van der Waals surface area contributed by atoms with Gasteiger partial charge < -0.3 is 10.1 Å². The van der Waals surface area contributed by atoms with Crippen LogP contribution in [0, 0.1) is 5.92 Å². The average molecular weight is 293 g/mol. The number of nitrogens with one attached hydrogen (secondary N) is 1. The van der Waals surface area contributed by atoms with Crippen LogP contribution in [0.1, 0.15) is 66.7 Å². The van der Waals surface area contributed by atoms with Crippen molar-refractivity contribution in [3.8, 4) is 0 Å². The van der Waals surface area contributed by atoms with Crippen LogP contribution in [-0.4, -0.2) is 24.3 Å². The maximum absolute atomic E-state index is 6.01. The van der Waals surface area contributed by atoms with Crippen molar-refractivity contribution in [3.63, 3.8) is 0 Å². The van der Waals surface area contributed by atoms with Gasteiger partial charge in [0.25, 0.3) is 0 Å². The van der Waals surface area contributed by atoms with Crippen molar-refractivity contribution in [2.75, 3.05) is 6.61 Å². The maximum Gasteiger partial charge on any atom is 0.0629 e. The van der Waals surface area contributed by atoms with E-state index in [0.717, 1.165) is 13.0 Å². The molecular formula is C19H35NO. The quantitative estimate of drug-likeness (QED) is 0.645. The van der Waals surface area contributed by atoms with Gasteiger partial charge >= 0.3 is 0 Å². The Hall–Kier alpha value is -0.600. The molecule has 0 saturated carbocycles. The first-order valence-corrected chi connectivity index (χ1v) is 8.53. The second-order valence-electron chi connectivity index (χ2n) is 7.54. The van der Waals surface area contributed by atoms with Gasteiger partial charge in [0, 0.05) is 12.1 Å². The Morgan fingerprint density at radius 1 is 1.33 bits per heavy atom. The van der Waals surface area contributed by atoms with Crippen LogP contribution in [0.4, 0.5) is 0 Å². The normalized spacial score (nSPS) is 19.2. The molecule has 0 amide bonds. The van der Waals surface area contributed by atoms with Crippen molar-refractivity contribution in [3.05, 3.63) is 24.3 Å². The van der Waals surface area contributed by atoms with E-state index >= 15 is 0 Å². The van der Waals surface area contributed by atoms with E-state index < -0.39 is 0 Å². The highest BCUT2D eigenvalue weighted by Crippen LogP contribution is 2.23. The third-order valence-electron chi connectivity index (χ3n) is 4.09. The van der Waals surface area contributed by atoms with E-state index in [9.17, 15) is 0 Å². The molecule has 0 bridgehead atoms. The van der Waals surface area contributed by atoms with E-state index in [1.807, 2.05) is 6.08 Å². The molecule has 21 heavy (non-hydrogen) atoms. The molecule has 0 fully saturated rings. The van der Waals surface area contributed by atoms with Crippen LogP contribution >= 0.6 is 0 Å². The van der Waals surface area contributed by atoms with Crippen LogP contribution in [0.25, 0.3) is 0 Å². The summed E-state index contributed by atoms with van der Waals surface area (Å²) in [5, 5.41) is 3.83. The molecule has 1 aliphatic rings. The standard InChI is InChI=1S/C19H35NO/c1-7-11-17(16-12-9-8-10-13-16)20-18(15(2)3)14-21-19(4,5)6/h7,12,15,17-18,20H,1,8-11,13-14H2,2-6H3/t17-,18?/m0/s1. The van der Waals surface area contributed by atoms with Crippen LogP contribution < -0.4 is 5.32 Å². The molecule has 0 saturated heterocycles. The molecule has 2 nitrogen and oxygen atoms in total. The molecule has 0 spiro atoms. The smallest absolute Gasteiger partial charge is 0.0629 e. The van der Waals surface area contributed by atoms with Crippen molar-refractivity contribution in [2.24, 2.45) is 5.92 Å². The third kappa shape index (κ3) is 7.28. The summed E-state index contributed by atoms with van der Waals surface area (Å²) in [6.45, 7) is 15.6. The van der Waals surface area contributed by atoms with E-state index in [4.69, 9.17) is 4.74 Å². The summed E-state index contributed by atoms with van der Waals surface area (Å²) >= 11 is 0. The van der Waals surface area contributed by atoms with Crippen molar-refractivity contribution < 1.29 is 4.74 Å². The molecule has 0 aromatic rings. The summed E-state index contributed by atoms with van der Waals surface area (Å²) < 4.78 is 6.01. The molecule has 1 rings (SSSR count). The fourth-order valence-corrected chi connectivity index (χ4v) is 2.70. The molecule has 0 aromatic heterocycles. The molecule has 1 aliphatic carbocycles. The summed E-state index contributed by atoms with van der Waals surface area (Å²) in [5.41, 5.74) is 1.50. The van der Waals surface area contributed by atoms with Gasteiger partial charge in [0.05, 0.1) is 12.2 Å². The zero-order chi connectivity index (χ0) is 15.9. The second-order valence-corrected chi connectivity index (χ2v) is 7.54. The number of ether oxygens (including phenoxy) is 1. The molecule has 1 unspecified atom stereocenters. The first-order chi connectivity index (χ1) is 9.83. The van der Waals surface area contributed by atoms with Crippen LogP contribution in [0.5, 0.6) is 0 Å². The lowest BCUT2D eigenvalue weighted by atomic mass is 9.91. The number of rotatable bonds is 8. The van der Waals surface area contributed by atoms with E-state index in [1.54, 1.807) is 5.57 Å². The van der Waals surface area contributed by atoms with Crippen molar-refractivity contribution >= 4 is 0 Å². The van der Waals surface area contributed by atoms with Crippen LogP contribution in [0.3, 0.4) is 0 Å². The van der Waals surface area contributed by atoms with Crippen LogP contribution in [0.15, 0.2) is 24.3 Å². The predicted molar refractivity (Wildman–Crippen MR) is 92.6 cm³/mol. The zero-order valence-corrected chi connectivity index (χ0v) is 14.7. The van der Waals surface area contributed by atoms with Crippen LogP contribution in [0.2, 0.25) is 0 Å². The highest BCUT2D eigenvalue weighted by atomic mass is 16.5. The van der Waals surface area contributed by atoms with Crippen molar-refractivity contribution in [1.82, 2.24) is 5.32 Å². The minimum Gasteiger partial charge on any atom is -0.374 e. The molecule has 2 atom stereocenters. The molecule has 0 radical (unpaired) electrons. The highest BCUT2D eigenvalue weighted by molar-refractivity contribution is 5.15. The maximum atomic E-state index is 6.01. The van der Waals surface area contributed by atoms with Gasteiger partial charge in [-0.2, -0.15) is 0 Å². The van der Waals surface area contributed by atoms with Crippen molar-refractivity contribution in [2.45, 2.75) is 84.4 Å². The summed E-state index contributed by atoms with van der Waals surface area (Å²) in [6, 6.07) is 0.816. The Kier molecular flexibility index (Phi) is 7.69. The number of hydrogen-bond donors (Lipinski definition) is 1. The SMILES string of the molecule is C=CC[C@H](NC(COC(C)(C)C)C(C)C)C1=CCCCC1. The van der Waals surface area contributed by atoms with Gasteiger partial charge in [-0.3, -0.25) is 0 Å². The molecule has 0 aliphatic heterocycles. The monoisotopic (exact) mass is 293 g/mol. The van der Waals surface area contributed by atoms with Gasteiger partial charge in [0.15, 0.2) is 0 Å². The average Bonchev–Trinajstić information content (AvgIpc) is 2.41. The zero-order valence-electron chi connectivity index (χ0n) is 14.7. The summed E-state index contributed by atoms with van der Waals surface area (Å²) in [4.78, 5) is 0. The lowest BCUT2D eigenvalue weighted by Gasteiger charge is -2.32. The molecular weight excluding hydrogens is 258 g/mol. The van der Waals surface area contributed by atoms with Gasteiger partial charge in [-0.1, -0.05) is 31.6 Å². The molecule has 1 N–H and O–H groups in total. The molecule has 122 valence electrons. The minimum atomic E-state index is -0.0765. The van der Waals surface area contributed by atoms with Gasteiger partial charge in [-0.15, -0.1) is 6.58 Å². The van der Waals surface area contributed by atoms with Gasteiger partial charge in [-0.05, 0) is 58.8 Å². The molecule has 0 aromatic carbocycles. The van der Waals surface area contributed by atoms with Gasteiger partial charge in [0.1, 0.15) is 0 Å². The Balaban J connectivity index is 2.67.